The minimum atomic E-state index is 0.527. The van der Waals surface area contributed by atoms with Crippen LogP contribution < -0.4 is 10.5 Å². The molecule has 0 aliphatic carbocycles. The molecule has 0 aliphatic heterocycles. The van der Waals surface area contributed by atoms with Gasteiger partial charge in [-0.05, 0) is 18.1 Å². The van der Waals surface area contributed by atoms with E-state index in [1.165, 1.54) is 0 Å². The number of rotatable bonds is 4. The van der Waals surface area contributed by atoms with Gasteiger partial charge in [-0.15, -0.1) is 10.2 Å². The van der Waals surface area contributed by atoms with Crippen LogP contribution in [0.4, 0.5) is 5.69 Å². The van der Waals surface area contributed by atoms with Gasteiger partial charge < -0.3 is 15.0 Å². The van der Waals surface area contributed by atoms with E-state index in [1.807, 2.05) is 16.7 Å². The average molecular weight is 246 g/mol. The summed E-state index contributed by atoms with van der Waals surface area (Å²) >= 11 is 0. The molecule has 0 fully saturated rings. The molecule has 2 rings (SSSR count). The summed E-state index contributed by atoms with van der Waals surface area (Å²) in [5, 5.41) is 8.15. The minimum absolute atomic E-state index is 0.527. The highest BCUT2D eigenvalue weighted by Crippen LogP contribution is 2.30. The Kier molecular flexibility index (Phi) is 3.50. The fourth-order valence-corrected chi connectivity index (χ4v) is 1.88. The maximum Gasteiger partial charge on any atom is 0.167 e. The number of ether oxygens (including phenoxy) is 1. The normalized spacial score (nSPS) is 10.9. The van der Waals surface area contributed by atoms with Crippen molar-refractivity contribution in [1.29, 1.82) is 0 Å². The zero-order valence-electron chi connectivity index (χ0n) is 10.9. The van der Waals surface area contributed by atoms with Crippen molar-refractivity contribution in [2.24, 2.45) is 5.92 Å². The molecule has 0 bridgehead atoms. The summed E-state index contributed by atoms with van der Waals surface area (Å²) < 4.78 is 7.38. The topological polar surface area (TPSA) is 66.0 Å². The highest BCUT2D eigenvalue weighted by Gasteiger charge is 2.13. The number of hydrogen-bond acceptors (Lipinski definition) is 4. The Morgan fingerprint density at radius 2 is 2.17 bits per heavy atom. The van der Waals surface area contributed by atoms with Crippen LogP contribution in [0.25, 0.3) is 11.4 Å². The Hall–Kier alpha value is -2.04. The number of methoxy groups -OCH3 is 1. The first kappa shape index (κ1) is 12.4. The lowest BCUT2D eigenvalue weighted by atomic mass is 10.1. The summed E-state index contributed by atoms with van der Waals surface area (Å²) in [6.07, 6.45) is 1.74. The Balaban J connectivity index is 2.45. The van der Waals surface area contributed by atoms with Gasteiger partial charge in [0.25, 0.3) is 0 Å². The zero-order chi connectivity index (χ0) is 13.1. The number of nitrogen functional groups attached to an aromatic ring is 1. The first-order chi connectivity index (χ1) is 8.61. The second-order valence-corrected chi connectivity index (χ2v) is 4.66. The first-order valence-corrected chi connectivity index (χ1v) is 5.93. The maximum atomic E-state index is 5.75. The number of nitrogens with two attached hydrogens (primary N) is 1. The van der Waals surface area contributed by atoms with E-state index in [1.54, 1.807) is 19.5 Å². The van der Waals surface area contributed by atoms with Gasteiger partial charge in [0.05, 0.1) is 12.7 Å². The molecule has 0 spiro atoms. The van der Waals surface area contributed by atoms with Crippen LogP contribution in [-0.2, 0) is 6.54 Å². The van der Waals surface area contributed by atoms with Gasteiger partial charge in [0, 0.05) is 18.3 Å². The summed E-state index contributed by atoms with van der Waals surface area (Å²) in [5.74, 6) is 2.05. The van der Waals surface area contributed by atoms with Crippen LogP contribution in [-0.4, -0.2) is 21.9 Å². The highest BCUT2D eigenvalue weighted by molar-refractivity contribution is 5.68. The van der Waals surface area contributed by atoms with E-state index < -0.39 is 0 Å². The maximum absolute atomic E-state index is 5.75. The number of anilines is 1. The lowest BCUT2D eigenvalue weighted by Gasteiger charge is -2.12. The van der Waals surface area contributed by atoms with E-state index in [-0.39, 0.29) is 0 Å². The average Bonchev–Trinajstić information content (AvgIpc) is 2.76. The second-order valence-electron chi connectivity index (χ2n) is 4.66. The lowest BCUT2D eigenvalue weighted by Crippen LogP contribution is -2.05. The van der Waals surface area contributed by atoms with Crippen molar-refractivity contribution in [3.8, 4) is 17.1 Å². The van der Waals surface area contributed by atoms with Gasteiger partial charge in [-0.3, -0.25) is 0 Å². The van der Waals surface area contributed by atoms with Gasteiger partial charge in [-0.2, -0.15) is 0 Å². The number of nitrogens with zero attached hydrogens (tertiary/aromatic N) is 3. The monoisotopic (exact) mass is 246 g/mol. The summed E-state index contributed by atoms with van der Waals surface area (Å²) in [4.78, 5) is 0. The molecule has 96 valence electrons. The zero-order valence-corrected chi connectivity index (χ0v) is 10.9. The summed E-state index contributed by atoms with van der Waals surface area (Å²) in [6, 6.07) is 5.55. The molecule has 1 aromatic carbocycles. The third-order valence-corrected chi connectivity index (χ3v) is 2.64. The second kappa shape index (κ2) is 5.08. The van der Waals surface area contributed by atoms with Gasteiger partial charge in [0.2, 0.25) is 0 Å². The van der Waals surface area contributed by atoms with Gasteiger partial charge in [-0.25, -0.2) is 0 Å². The summed E-state index contributed by atoms with van der Waals surface area (Å²) in [5.41, 5.74) is 7.33. The molecule has 0 aliphatic rings. The molecule has 0 radical (unpaired) electrons. The van der Waals surface area contributed by atoms with E-state index in [0.29, 0.717) is 17.4 Å². The van der Waals surface area contributed by atoms with Gasteiger partial charge >= 0.3 is 0 Å². The number of hydrogen-bond donors (Lipinski definition) is 1. The summed E-state index contributed by atoms with van der Waals surface area (Å²) in [6.45, 7) is 5.18. The molecule has 0 amide bonds. The molecule has 1 heterocycles. The fraction of sp³-hybridized carbons (Fsp3) is 0.385. The number of benzene rings is 1. The Morgan fingerprint density at radius 3 is 2.83 bits per heavy atom. The number of aromatic nitrogens is 3. The quantitative estimate of drug-likeness (QED) is 0.840. The third kappa shape index (κ3) is 2.45. The molecular weight excluding hydrogens is 228 g/mol. The van der Waals surface area contributed by atoms with E-state index in [4.69, 9.17) is 10.5 Å². The molecule has 0 saturated carbocycles. The Bertz CT molecular complexity index is 534. The molecule has 18 heavy (non-hydrogen) atoms. The molecule has 5 nitrogen and oxygen atoms in total. The summed E-state index contributed by atoms with van der Waals surface area (Å²) in [7, 11) is 1.63. The van der Waals surface area contributed by atoms with Gasteiger partial charge in [0.15, 0.2) is 5.82 Å². The molecule has 2 N–H and O–H groups in total. The largest absolute Gasteiger partial charge is 0.496 e. The standard InChI is InChI=1S/C13H18N4O/c1-9(2)7-17-8-15-16-13(17)11-5-4-10(14)6-12(11)18-3/h4-6,8-9H,7,14H2,1-3H3. The van der Waals surface area contributed by atoms with Crippen LogP contribution in [0.3, 0.4) is 0 Å². The van der Waals surface area contributed by atoms with Crippen LogP contribution in [0.5, 0.6) is 5.75 Å². The Labute approximate surface area is 107 Å². The lowest BCUT2D eigenvalue weighted by molar-refractivity contribution is 0.415. The highest BCUT2D eigenvalue weighted by atomic mass is 16.5. The first-order valence-electron chi connectivity index (χ1n) is 5.93. The van der Waals surface area contributed by atoms with Crippen molar-refractivity contribution in [3.63, 3.8) is 0 Å². The third-order valence-electron chi connectivity index (χ3n) is 2.64. The van der Waals surface area contributed by atoms with Crippen LogP contribution in [0.2, 0.25) is 0 Å². The molecule has 0 unspecified atom stereocenters. The van der Waals surface area contributed by atoms with Crippen molar-refractivity contribution in [1.82, 2.24) is 14.8 Å². The van der Waals surface area contributed by atoms with E-state index in [2.05, 4.69) is 24.0 Å². The van der Waals surface area contributed by atoms with Crippen LogP contribution in [0.1, 0.15) is 13.8 Å². The fourth-order valence-electron chi connectivity index (χ4n) is 1.88. The smallest absolute Gasteiger partial charge is 0.167 e. The van der Waals surface area contributed by atoms with E-state index in [9.17, 15) is 0 Å². The van der Waals surface area contributed by atoms with E-state index in [0.717, 1.165) is 17.9 Å². The van der Waals surface area contributed by atoms with Gasteiger partial charge in [-0.1, -0.05) is 13.8 Å². The van der Waals surface area contributed by atoms with E-state index >= 15 is 0 Å². The minimum Gasteiger partial charge on any atom is -0.496 e. The van der Waals surface area contributed by atoms with Crippen molar-refractivity contribution in [2.75, 3.05) is 12.8 Å². The van der Waals surface area contributed by atoms with Crippen molar-refractivity contribution < 1.29 is 4.74 Å². The molecular formula is C13H18N4O. The predicted octanol–water partition coefficient (Wildman–Crippen LogP) is 2.19. The van der Waals surface area contributed by atoms with Crippen molar-refractivity contribution in [3.05, 3.63) is 24.5 Å². The molecule has 1 aromatic heterocycles. The molecule has 0 saturated heterocycles. The van der Waals surface area contributed by atoms with Crippen LogP contribution >= 0.6 is 0 Å². The molecule has 0 atom stereocenters. The molecule has 2 aromatic rings. The van der Waals surface area contributed by atoms with Crippen LogP contribution in [0, 0.1) is 5.92 Å². The van der Waals surface area contributed by atoms with Gasteiger partial charge in [0.1, 0.15) is 12.1 Å². The van der Waals surface area contributed by atoms with Crippen LogP contribution in [0.15, 0.2) is 24.5 Å². The predicted molar refractivity (Wildman–Crippen MR) is 71.3 cm³/mol. The molecule has 5 heteroatoms. The van der Waals surface area contributed by atoms with Crippen molar-refractivity contribution >= 4 is 5.69 Å². The SMILES string of the molecule is COc1cc(N)ccc1-c1nncn1CC(C)C. The van der Waals surface area contributed by atoms with Crippen molar-refractivity contribution in [2.45, 2.75) is 20.4 Å². The Morgan fingerprint density at radius 1 is 1.39 bits per heavy atom.